The van der Waals surface area contributed by atoms with Crippen LogP contribution in [0.1, 0.15) is 23.3 Å². The van der Waals surface area contributed by atoms with Gasteiger partial charge in [0.2, 0.25) is 11.6 Å². The molecule has 1 aliphatic rings. The van der Waals surface area contributed by atoms with Crippen molar-refractivity contribution in [3.05, 3.63) is 41.7 Å². The summed E-state index contributed by atoms with van der Waals surface area (Å²) in [5.41, 5.74) is -0.571. The minimum atomic E-state index is -2.81. The van der Waals surface area contributed by atoms with E-state index in [1.54, 1.807) is 0 Å². The van der Waals surface area contributed by atoms with Crippen molar-refractivity contribution in [1.29, 1.82) is 0 Å². The van der Waals surface area contributed by atoms with Gasteiger partial charge >= 0.3 is 5.97 Å². The molecule has 0 saturated carbocycles. The Kier molecular flexibility index (Phi) is 4.32. The molecule has 1 aromatic heterocycles. The van der Waals surface area contributed by atoms with Crippen LogP contribution in [0.15, 0.2) is 24.3 Å². The highest BCUT2D eigenvalue weighted by atomic mass is 19.3. The molecule has 1 saturated heterocycles. The van der Waals surface area contributed by atoms with E-state index >= 15 is 0 Å². The highest BCUT2D eigenvalue weighted by molar-refractivity contribution is 5.87. The summed E-state index contributed by atoms with van der Waals surface area (Å²) in [5.74, 6) is -6.27. The van der Waals surface area contributed by atoms with Gasteiger partial charge in [0.15, 0.2) is 5.82 Å². The fraction of sp³-hybridized carbons (Fsp3) is 0.312. The summed E-state index contributed by atoms with van der Waals surface area (Å²) in [4.78, 5) is 20.0. The van der Waals surface area contributed by atoms with Crippen LogP contribution in [-0.2, 0) is 0 Å². The zero-order chi connectivity index (χ0) is 18.2. The van der Waals surface area contributed by atoms with Crippen LogP contribution in [0.5, 0.6) is 0 Å². The number of piperidine rings is 1. The Morgan fingerprint density at radius 1 is 1.08 bits per heavy atom. The van der Waals surface area contributed by atoms with Crippen LogP contribution in [0.25, 0.3) is 11.3 Å². The molecule has 0 unspecified atom stereocenters. The number of aromatic carboxylic acids is 1. The number of nitrogens with zero attached hydrogens (tertiary/aromatic N) is 3. The molecule has 2 aromatic rings. The predicted octanol–water partition coefficient (Wildman–Crippen LogP) is 3.36. The number of carbonyl (C=O) groups is 1. The molecule has 0 amide bonds. The second-order valence-corrected chi connectivity index (χ2v) is 5.69. The second-order valence-electron chi connectivity index (χ2n) is 5.69. The van der Waals surface area contributed by atoms with Crippen LogP contribution in [0.3, 0.4) is 0 Å². The van der Waals surface area contributed by atoms with Crippen LogP contribution in [-0.4, -0.2) is 40.1 Å². The molecule has 0 bridgehead atoms. The lowest BCUT2D eigenvalue weighted by Crippen LogP contribution is -2.40. The van der Waals surface area contributed by atoms with Gasteiger partial charge in [0.25, 0.3) is 5.92 Å². The highest BCUT2D eigenvalue weighted by Gasteiger charge is 2.36. The van der Waals surface area contributed by atoms with Crippen LogP contribution < -0.4 is 4.90 Å². The lowest BCUT2D eigenvalue weighted by molar-refractivity contribution is -0.0221. The molecule has 132 valence electrons. The maximum atomic E-state index is 14.0. The van der Waals surface area contributed by atoms with Crippen molar-refractivity contribution in [2.45, 2.75) is 18.8 Å². The number of alkyl halides is 2. The first kappa shape index (κ1) is 17.1. The monoisotopic (exact) mass is 355 g/mol. The minimum absolute atomic E-state index is 0.00372. The maximum Gasteiger partial charge on any atom is 0.359 e. The smallest absolute Gasteiger partial charge is 0.359 e. The van der Waals surface area contributed by atoms with E-state index in [4.69, 9.17) is 5.11 Å². The van der Waals surface area contributed by atoms with E-state index in [1.807, 2.05) is 0 Å². The number of rotatable bonds is 3. The van der Waals surface area contributed by atoms with Crippen molar-refractivity contribution in [2.75, 3.05) is 18.0 Å². The molecular formula is C16H13F4N3O2. The van der Waals surface area contributed by atoms with E-state index in [-0.39, 0.29) is 24.6 Å². The Morgan fingerprint density at radius 3 is 2.24 bits per heavy atom. The van der Waals surface area contributed by atoms with Crippen molar-refractivity contribution in [2.24, 2.45) is 0 Å². The first-order chi connectivity index (χ1) is 11.8. The lowest BCUT2D eigenvalue weighted by Gasteiger charge is -2.33. The summed E-state index contributed by atoms with van der Waals surface area (Å²) in [7, 11) is 0. The number of hydrogen-bond acceptors (Lipinski definition) is 4. The molecule has 0 spiro atoms. The van der Waals surface area contributed by atoms with Gasteiger partial charge in [-0.2, -0.15) is 9.37 Å². The number of benzene rings is 1. The van der Waals surface area contributed by atoms with E-state index in [0.717, 1.165) is 12.1 Å². The van der Waals surface area contributed by atoms with Gasteiger partial charge in [0.1, 0.15) is 11.5 Å². The third-order valence-electron chi connectivity index (χ3n) is 3.95. The molecule has 1 aliphatic heterocycles. The van der Waals surface area contributed by atoms with Crippen LogP contribution in [0.4, 0.5) is 23.4 Å². The summed E-state index contributed by atoms with van der Waals surface area (Å²) in [6.07, 6.45) is -0.861. The molecule has 9 heteroatoms. The van der Waals surface area contributed by atoms with Gasteiger partial charge < -0.3 is 10.0 Å². The highest BCUT2D eigenvalue weighted by Crippen LogP contribution is 2.34. The molecule has 2 heterocycles. The quantitative estimate of drug-likeness (QED) is 0.856. The number of aromatic nitrogens is 2. The molecule has 0 atom stereocenters. The number of anilines is 1. The third kappa shape index (κ3) is 3.54. The average molecular weight is 355 g/mol. The standard InChI is InChI=1S/C16H13F4N3O2/c17-10-3-1-9(2-4-10)11-14(22-13(18)12(21-11)15(24)25)23-7-5-16(19,20)6-8-23/h1-4H,5-8H2,(H,24,25). The van der Waals surface area contributed by atoms with Crippen molar-refractivity contribution >= 4 is 11.8 Å². The van der Waals surface area contributed by atoms with Crippen molar-refractivity contribution in [3.63, 3.8) is 0 Å². The largest absolute Gasteiger partial charge is 0.476 e. The Bertz CT molecular complexity index is 802. The molecule has 0 aliphatic carbocycles. The zero-order valence-corrected chi connectivity index (χ0v) is 12.8. The van der Waals surface area contributed by atoms with Crippen molar-refractivity contribution < 1.29 is 27.5 Å². The Balaban J connectivity index is 2.08. The summed E-state index contributed by atoms with van der Waals surface area (Å²) >= 11 is 0. The third-order valence-corrected chi connectivity index (χ3v) is 3.95. The summed E-state index contributed by atoms with van der Waals surface area (Å²) in [6, 6.07) is 4.94. The maximum absolute atomic E-state index is 14.0. The van der Waals surface area contributed by atoms with Gasteiger partial charge in [-0.05, 0) is 24.3 Å². The van der Waals surface area contributed by atoms with Gasteiger partial charge in [-0.15, -0.1) is 0 Å². The fourth-order valence-electron chi connectivity index (χ4n) is 2.61. The Morgan fingerprint density at radius 2 is 1.68 bits per heavy atom. The van der Waals surface area contributed by atoms with Gasteiger partial charge in [-0.25, -0.2) is 22.9 Å². The summed E-state index contributed by atoms with van der Waals surface area (Å²) in [5, 5.41) is 9.04. The van der Waals surface area contributed by atoms with Gasteiger partial charge in [0.05, 0.1) is 0 Å². The first-order valence-electron chi connectivity index (χ1n) is 7.46. The first-order valence-corrected chi connectivity index (χ1v) is 7.46. The molecule has 3 rings (SSSR count). The number of carboxylic acid groups (broad SMARTS) is 1. The molecule has 0 radical (unpaired) electrons. The van der Waals surface area contributed by atoms with Crippen molar-refractivity contribution in [3.8, 4) is 11.3 Å². The normalized spacial score (nSPS) is 16.7. The molecule has 5 nitrogen and oxygen atoms in total. The number of halogens is 4. The second kappa shape index (κ2) is 6.30. The van der Waals surface area contributed by atoms with Crippen molar-refractivity contribution in [1.82, 2.24) is 9.97 Å². The summed E-state index contributed by atoms with van der Waals surface area (Å²) in [6.45, 7) is -0.163. The number of hydrogen-bond donors (Lipinski definition) is 1. The van der Waals surface area contributed by atoms with E-state index < -0.39 is 42.2 Å². The average Bonchev–Trinajstić information content (AvgIpc) is 2.55. The fourth-order valence-corrected chi connectivity index (χ4v) is 2.61. The van der Waals surface area contributed by atoms with Gasteiger partial charge in [-0.3, -0.25) is 0 Å². The molecule has 1 aromatic carbocycles. The minimum Gasteiger partial charge on any atom is -0.476 e. The Labute approximate surface area is 139 Å². The van der Waals surface area contributed by atoms with Crippen LogP contribution in [0.2, 0.25) is 0 Å². The van der Waals surface area contributed by atoms with E-state index in [1.165, 1.54) is 17.0 Å². The molecular weight excluding hydrogens is 342 g/mol. The summed E-state index contributed by atoms with van der Waals surface area (Å²) < 4.78 is 53.8. The van der Waals surface area contributed by atoms with Gasteiger partial charge in [-0.1, -0.05) is 0 Å². The topological polar surface area (TPSA) is 66.3 Å². The van der Waals surface area contributed by atoms with E-state index in [2.05, 4.69) is 9.97 Å². The molecule has 25 heavy (non-hydrogen) atoms. The van der Waals surface area contributed by atoms with Gasteiger partial charge in [0, 0.05) is 31.5 Å². The lowest BCUT2D eigenvalue weighted by atomic mass is 10.1. The molecule has 1 N–H and O–H groups in total. The van der Waals surface area contributed by atoms with Crippen LogP contribution >= 0.6 is 0 Å². The zero-order valence-electron chi connectivity index (χ0n) is 12.8. The Hall–Kier alpha value is -2.71. The number of carboxylic acids is 1. The SMILES string of the molecule is O=C(O)c1nc(-c2ccc(F)cc2)c(N2CCC(F)(F)CC2)nc1F. The molecule has 1 fully saturated rings. The van der Waals surface area contributed by atoms with E-state index in [9.17, 15) is 22.4 Å². The van der Waals surface area contributed by atoms with E-state index in [0.29, 0.717) is 5.56 Å². The van der Waals surface area contributed by atoms with Crippen LogP contribution in [0, 0.1) is 11.8 Å². The predicted molar refractivity (Wildman–Crippen MR) is 80.7 cm³/mol.